The van der Waals surface area contributed by atoms with Crippen molar-refractivity contribution in [2.45, 2.75) is 32.7 Å². The van der Waals surface area contributed by atoms with Crippen LogP contribution in [-0.4, -0.2) is 42.4 Å². The van der Waals surface area contributed by atoms with Crippen LogP contribution < -0.4 is 11.1 Å². The highest BCUT2D eigenvalue weighted by Crippen LogP contribution is 2.08. The van der Waals surface area contributed by atoms with Crippen molar-refractivity contribution < 1.29 is 9.59 Å². The van der Waals surface area contributed by atoms with Gasteiger partial charge in [-0.1, -0.05) is 13.8 Å². The predicted molar refractivity (Wildman–Crippen MR) is 61.6 cm³/mol. The molecule has 0 bridgehead atoms. The van der Waals surface area contributed by atoms with E-state index >= 15 is 0 Å². The summed E-state index contributed by atoms with van der Waals surface area (Å²) in [7, 11) is 0. The summed E-state index contributed by atoms with van der Waals surface area (Å²) in [5.74, 6) is 0.270. The van der Waals surface area contributed by atoms with Gasteiger partial charge < -0.3 is 16.0 Å². The van der Waals surface area contributed by atoms with Crippen LogP contribution in [0.1, 0.15) is 26.7 Å². The molecular formula is C11H21N3O2. The molecule has 3 N–H and O–H groups in total. The minimum Gasteiger partial charge on any atom is -0.350 e. The monoisotopic (exact) mass is 227 g/mol. The SMILES string of the molecule is CC(C)C(CN)NC(=O)CN1CCCC1=O. The molecule has 1 fully saturated rings. The fraction of sp³-hybridized carbons (Fsp3) is 0.818. The predicted octanol–water partition coefficient (Wildman–Crippen LogP) is -0.292. The number of hydrogen-bond donors (Lipinski definition) is 2. The van der Waals surface area contributed by atoms with E-state index in [4.69, 9.17) is 5.73 Å². The molecule has 2 amide bonds. The van der Waals surface area contributed by atoms with E-state index < -0.39 is 0 Å². The molecule has 0 aromatic carbocycles. The second-order valence-corrected chi connectivity index (χ2v) is 4.57. The van der Waals surface area contributed by atoms with Crippen LogP contribution in [-0.2, 0) is 9.59 Å². The van der Waals surface area contributed by atoms with E-state index in [1.54, 1.807) is 4.90 Å². The Morgan fingerprint density at radius 1 is 1.56 bits per heavy atom. The smallest absolute Gasteiger partial charge is 0.239 e. The summed E-state index contributed by atoms with van der Waals surface area (Å²) < 4.78 is 0. The average Bonchev–Trinajstić information content (AvgIpc) is 2.60. The maximum Gasteiger partial charge on any atom is 0.239 e. The van der Waals surface area contributed by atoms with Crippen LogP contribution in [0.15, 0.2) is 0 Å². The molecule has 0 radical (unpaired) electrons. The number of carbonyl (C=O) groups is 2. The topological polar surface area (TPSA) is 75.4 Å². The third kappa shape index (κ3) is 3.48. The zero-order valence-electron chi connectivity index (χ0n) is 10.0. The van der Waals surface area contributed by atoms with Crippen molar-refractivity contribution in [1.29, 1.82) is 0 Å². The quantitative estimate of drug-likeness (QED) is 0.677. The maximum absolute atomic E-state index is 11.7. The molecule has 0 aliphatic carbocycles. The summed E-state index contributed by atoms with van der Waals surface area (Å²) >= 11 is 0. The lowest BCUT2D eigenvalue weighted by atomic mass is 10.0. The zero-order chi connectivity index (χ0) is 12.1. The van der Waals surface area contributed by atoms with E-state index in [-0.39, 0.29) is 24.4 Å². The molecule has 1 rings (SSSR count). The number of nitrogens with two attached hydrogens (primary N) is 1. The largest absolute Gasteiger partial charge is 0.350 e. The summed E-state index contributed by atoms with van der Waals surface area (Å²) in [5, 5.41) is 2.86. The molecule has 1 unspecified atom stereocenters. The zero-order valence-corrected chi connectivity index (χ0v) is 10.0. The molecule has 0 aromatic rings. The Kier molecular flexibility index (Phi) is 4.73. The van der Waals surface area contributed by atoms with E-state index in [0.29, 0.717) is 25.4 Å². The van der Waals surface area contributed by atoms with Crippen molar-refractivity contribution in [3.05, 3.63) is 0 Å². The molecule has 0 aromatic heterocycles. The minimum absolute atomic E-state index is 0.00907. The number of nitrogens with one attached hydrogen (secondary N) is 1. The van der Waals surface area contributed by atoms with E-state index in [0.717, 1.165) is 6.42 Å². The lowest BCUT2D eigenvalue weighted by Gasteiger charge is -2.22. The second-order valence-electron chi connectivity index (χ2n) is 4.57. The van der Waals surface area contributed by atoms with Crippen LogP contribution in [0.2, 0.25) is 0 Å². The van der Waals surface area contributed by atoms with Crippen LogP contribution in [0.4, 0.5) is 0 Å². The van der Waals surface area contributed by atoms with E-state index in [1.165, 1.54) is 0 Å². The van der Waals surface area contributed by atoms with Crippen LogP contribution in [0.3, 0.4) is 0 Å². The molecule has 92 valence electrons. The Labute approximate surface area is 96.4 Å². The summed E-state index contributed by atoms with van der Waals surface area (Å²) in [6.45, 7) is 5.32. The van der Waals surface area contributed by atoms with Gasteiger partial charge in [0.25, 0.3) is 0 Å². The van der Waals surface area contributed by atoms with Gasteiger partial charge in [0.2, 0.25) is 11.8 Å². The van der Waals surface area contributed by atoms with Crippen LogP contribution >= 0.6 is 0 Å². The summed E-state index contributed by atoms with van der Waals surface area (Å²) in [6.07, 6.45) is 1.42. The highest BCUT2D eigenvalue weighted by Gasteiger charge is 2.23. The van der Waals surface area contributed by atoms with Crippen molar-refractivity contribution in [2.24, 2.45) is 11.7 Å². The molecule has 0 spiro atoms. The molecule has 1 atom stereocenters. The van der Waals surface area contributed by atoms with Gasteiger partial charge in [-0.25, -0.2) is 0 Å². The highest BCUT2D eigenvalue weighted by atomic mass is 16.2. The summed E-state index contributed by atoms with van der Waals surface area (Å²) in [4.78, 5) is 24.6. The molecule has 5 nitrogen and oxygen atoms in total. The first-order chi connectivity index (χ1) is 7.54. The van der Waals surface area contributed by atoms with Crippen LogP contribution in [0.5, 0.6) is 0 Å². The third-order valence-corrected chi connectivity index (χ3v) is 2.91. The number of hydrogen-bond acceptors (Lipinski definition) is 3. The van der Waals surface area contributed by atoms with Gasteiger partial charge in [-0.15, -0.1) is 0 Å². The molecule has 16 heavy (non-hydrogen) atoms. The molecule has 1 saturated heterocycles. The normalized spacial score (nSPS) is 18.0. The van der Waals surface area contributed by atoms with Crippen LogP contribution in [0.25, 0.3) is 0 Å². The fourth-order valence-electron chi connectivity index (χ4n) is 1.79. The van der Waals surface area contributed by atoms with Gasteiger partial charge in [0.1, 0.15) is 0 Å². The van der Waals surface area contributed by atoms with Crippen molar-refractivity contribution in [2.75, 3.05) is 19.6 Å². The Morgan fingerprint density at radius 3 is 2.69 bits per heavy atom. The first-order valence-corrected chi connectivity index (χ1v) is 5.81. The number of carbonyl (C=O) groups excluding carboxylic acids is 2. The van der Waals surface area contributed by atoms with Crippen molar-refractivity contribution in [3.8, 4) is 0 Å². The molecule has 5 heteroatoms. The van der Waals surface area contributed by atoms with Crippen molar-refractivity contribution >= 4 is 11.8 Å². The standard InChI is InChI=1S/C11H21N3O2/c1-8(2)9(6-12)13-10(15)7-14-5-3-4-11(14)16/h8-9H,3-7,12H2,1-2H3,(H,13,15). The maximum atomic E-state index is 11.7. The Hall–Kier alpha value is -1.10. The summed E-state index contributed by atoms with van der Waals surface area (Å²) in [6, 6.07) is -0.00907. The number of nitrogens with zero attached hydrogens (tertiary/aromatic N) is 1. The van der Waals surface area contributed by atoms with Gasteiger partial charge in [0, 0.05) is 25.6 Å². The van der Waals surface area contributed by atoms with Gasteiger partial charge in [0.15, 0.2) is 0 Å². The van der Waals surface area contributed by atoms with E-state index in [2.05, 4.69) is 5.32 Å². The first-order valence-electron chi connectivity index (χ1n) is 5.81. The number of rotatable bonds is 5. The lowest BCUT2D eigenvalue weighted by molar-refractivity contribution is -0.133. The number of likely N-dealkylation sites (tertiary alicyclic amines) is 1. The van der Waals surface area contributed by atoms with Gasteiger partial charge >= 0.3 is 0 Å². The lowest BCUT2D eigenvalue weighted by Crippen LogP contribution is -2.47. The van der Waals surface area contributed by atoms with Gasteiger partial charge in [-0.2, -0.15) is 0 Å². The van der Waals surface area contributed by atoms with E-state index in [9.17, 15) is 9.59 Å². The number of amides is 2. The minimum atomic E-state index is -0.112. The van der Waals surface area contributed by atoms with Gasteiger partial charge in [-0.3, -0.25) is 9.59 Å². The van der Waals surface area contributed by atoms with Gasteiger partial charge in [0.05, 0.1) is 6.54 Å². The van der Waals surface area contributed by atoms with Gasteiger partial charge in [-0.05, 0) is 12.3 Å². The molecule has 0 saturated carbocycles. The summed E-state index contributed by atoms with van der Waals surface area (Å²) in [5.41, 5.74) is 5.56. The Bertz CT molecular complexity index is 266. The van der Waals surface area contributed by atoms with Crippen molar-refractivity contribution in [1.82, 2.24) is 10.2 Å². The van der Waals surface area contributed by atoms with E-state index in [1.807, 2.05) is 13.8 Å². The highest BCUT2D eigenvalue weighted by molar-refractivity contribution is 5.85. The Balaban J connectivity index is 2.37. The molecule has 1 aliphatic rings. The van der Waals surface area contributed by atoms with Crippen molar-refractivity contribution in [3.63, 3.8) is 0 Å². The average molecular weight is 227 g/mol. The molecular weight excluding hydrogens is 206 g/mol. The fourth-order valence-corrected chi connectivity index (χ4v) is 1.79. The first kappa shape index (κ1) is 13.0. The second kappa shape index (κ2) is 5.84. The third-order valence-electron chi connectivity index (χ3n) is 2.91. The Morgan fingerprint density at radius 2 is 2.25 bits per heavy atom. The molecule has 1 aliphatic heterocycles. The molecule has 1 heterocycles. The van der Waals surface area contributed by atoms with Crippen LogP contribution in [0, 0.1) is 5.92 Å².